The van der Waals surface area contributed by atoms with Gasteiger partial charge in [0.05, 0.1) is 0 Å². The lowest BCUT2D eigenvalue weighted by molar-refractivity contribution is 0.302. The largest absolute Gasteiger partial charge is 0.330 e. The molecule has 1 atom stereocenters. The standard InChI is InChI=1S/C16H25N/c1-3-9-16(2,12-17)11-13-7-8-14-5-4-6-15(14)10-13/h7-8,10H,3-6,9,11-12,17H2,1-2H3. The Hall–Kier alpha value is -0.820. The first-order chi connectivity index (χ1) is 8.17. The van der Waals surface area contributed by atoms with Crippen molar-refractivity contribution in [1.29, 1.82) is 0 Å². The Morgan fingerprint density at radius 3 is 2.71 bits per heavy atom. The molecule has 0 aliphatic heterocycles. The molecule has 1 aliphatic rings. The molecule has 0 saturated carbocycles. The summed E-state index contributed by atoms with van der Waals surface area (Å²) in [6.07, 6.45) is 7.46. The third kappa shape index (κ3) is 2.90. The topological polar surface area (TPSA) is 26.0 Å². The van der Waals surface area contributed by atoms with Gasteiger partial charge in [0, 0.05) is 0 Å². The maximum absolute atomic E-state index is 5.95. The summed E-state index contributed by atoms with van der Waals surface area (Å²) in [6, 6.07) is 7.07. The van der Waals surface area contributed by atoms with Crippen LogP contribution in [0.1, 0.15) is 49.8 Å². The van der Waals surface area contributed by atoms with Gasteiger partial charge in [0.2, 0.25) is 0 Å². The van der Waals surface area contributed by atoms with Gasteiger partial charge in [-0.2, -0.15) is 0 Å². The summed E-state index contributed by atoms with van der Waals surface area (Å²) >= 11 is 0. The summed E-state index contributed by atoms with van der Waals surface area (Å²) in [7, 11) is 0. The first-order valence-electron chi connectivity index (χ1n) is 6.97. The van der Waals surface area contributed by atoms with Crippen molar-refractivity contribution >= 4 is 0 Å². The van der Waals surface area contributed by atoms with Crippen LogP contribution in [0.25, 0.3) is 0 Å². The second-order valence-corrected chi connectivity index (χ2v) is 5.90. The fraction of sp³-hybridized carbons (Fsp3) is 0.625. The van der Waals surface area contributed by atoms with Crippen LogP contribution in [-0.4, -0.2) is 6.54 Å². The Bertz CT molecular complexity index is 383. The summed E-state index contributed by atoms with van der Waals surface area (Å²) in [4.78, 5) is 0. The van der Waals surface area contributed by atoms with Crippen molar-refractivity contribution in [2.45, 2.75) is 52.4 Å². The van der Waals surface area contributed by atoms with Crippen LogP contribution < -0.4 is 5.73 Å². The molecule has 2 rings (SSSR count). The number of benzene rings is 1. The number of fused-ring (bicyclic) bond motifs is 1. The monoisotopic (exact) mass is 231 g/mol. The molecule has 94 valence electrons. The molecule has 0 saturated heterocycles. The van der Waals surface area contributed by atoms with Gasteiger partial charge in [-0.05, 0) is 60.8 Å². The fourth-order valence-electron chi connectivity index (χ4n) is 3.09. The van der Waals surface area contributed by atoms with E-state index in [1.807, 2.05) is 0 Å². The molecule has 0 bridgehead atoms. The van der Waals surface area contributed by atoms with Crippen molar-refractivity contribution < 1.29 is 0 Å². The van der Waals surface area contributed by atoms with Crippen molar-refractivity contribution in [3.8, 4) is 0 Å². The summed E-state index contributed by atoms with van der Waals surface area (Å²) < 4.78 is 0. The van der Waals surface area contributed by atoms with Crippen molar-refractivity contribution in [3.63, 3.8) is 0 Å². The number of aryl methyl sites for hydroxylation is 2. The van der Waals surface area contributed by atoms with Gasteiger partial charge in [-0.15, -0.1) is 0 Å². The van der Waals surface area contributed by atoms with Gasteiger partial charge in [0.1, 0.15) is 0 Å². The minimum Gasteiger partial charge on any atom is -0.330 e. The molecular weight excluding hydrogens is 206 g/mol. The number of rotatable bonds is 5. The van der Waals surface area contributed by atoms with E-state index in [9.17, 15) is 0 Å². The average Bonchev–Trinajstić information content (AvgIpc) is 2.76. The zero-order chi connectivity index (χ0) is 12.3. The van der Waals surface area contributed by atoms with E-state index in [4.69, 9.17) is 5.73 Å². The van der Waals surface area contributed by atoms with Gasteiger partial charge < -0.3 is 5.73 Å². The molecule has 1 unspecified atom stereocenters. The summed E-state index contributed by atoms with van der Waals surface area (Å²) in [6.45, 7) is 5.36. The molecular formula is C16H25N. The second-order valence-electron chi connectivity index (χ2n) is 5.90. The number of nitrogens with two attached hydrogens (primary N) is 1. The summed E-state index contributed by atoms with van der Waals surface area (Å²) in [5.41, 5.74) is 10.9. The normalized spacial score (nSPS) is 17.8. The Labute approximate surface area is 105 Å². The van der Waals surface area contributed by atoms with E-state index in [1.165, 1.54) is 37.7 Å². The van der Waals surface area contributed by atoms with Gasteiger partial charge in [-0.25, -0.2) is 0 Å². The van der Waals surface area contributed by atoms with E-state index in [1.54, 1.807) is 11.1 Å². The lowest BCUT2D eigenvalue weighted by Crippen LogP contribution is -2.29. The molecule has 1 nitrogen and oxygen atoms in total. The number of hydrogen-bond donors (Lipinski definition) is 1. The van der Waals surface area contributed by atoms with Gasteiger partial charge in [0.15, 0.2) is 0 Å². The highest BCUT2D eigenvalue weighted by molar-refractivity contribution is 5.35. The van der Waals surface area contributed by atoms with Crippen LogP contribution in [0, 0.1) is 5.41 Å². The van der Waals surface area contributed by atoms with Gasteiger partial charge in [-0.3, -0.25) is 0 Å². The molecule has 0 spiro atoms. The molecule has 1 aromatic rings. The predicted molar refractivity (Wildman–Crippen MR) is 74.2 cm³/mol. The van der Waals surface area contributed by atoms with E-state index in [0.717, 1.165) is 13.0 Å². The Morgan fingerprint density at radius 2 is 2.00 bits per heavy atom. The van der Waals surface area contributed by atoms with Crippen molar-refractivity contribution in [2.75, 3.05) is 6.54 Å². The third-order valence-electron chi connectivity index (χ3n) is 4.14. The van der Waals surface area contributed by atoms with Crippen LogP contribution in [0.4, 0.5) is 0 Å². The third-order valence-corrected chi connectivity index (χ3v) is 4.14. The summed E-state index contributed by atoms with van der Waals surface area (Å²) in [5.74, 6) is 0. The quantitative estimate of drug-likeness (QED) is 0.825. The maximum Gasteiger partial charge on any atom is -0.00200 e. The first-order valence-corrected chi connectivity index (χ1v) is 6.97. The molecule has 2 N–H and O–H groups in total. The van der Waals surface area contributed by atoms with E-state index in [2.05, 4.69) is 32.0 Å². The van der Waals surface area contributed by atoms with Gasteiger partial charge in [0.25, 0.3) is 0 Å². The highest BCUT2D eigenvalue weighted by Gasteiger charge is 2.22. The minimum absolute atomic E-state index is 0.279. The molecule has 0 aromatic heterocycles. The molecule has 0 amide bonds. The van der Waals surface area contributed by atoms with Crippen molar-refractivity contribution in [2.24, 2.45) is 11.1 Å². The van der Waals surface area contributed by atoms with Gasteiger partial charge >= 0.3 is 0 Å². The second kappa shape index (κ2) is 5.22. The van der Waals surface area contributed by atoms with Crippen molar-refractivity contribution in [3.05, 3.63) is 34.9 Å². The zero-order valence-electron chi connectivity index (χ0n) is 11.3. The average molecular weight is 231 g/mol. The highest BCUT2D eigenvalue weighted by Crippen LogP contribution is 2.29. The molecule has 17 heavy (non-hydrogen) atoms. The van der Waals surface area contributed by atoms with E-state index in [-0.39, 0.29) is 5.41 Å². The fourth-order valence-corrected chi connectivity index (χ4v) is 3.09. The van der Waals surface area contributed by atoms with Crippen LogP contribution in [0.15, 0.2) is 18.2 Å². The first kappa shape index (κ1) is 12.6. The van der Waals surface area contributed by atoms with Crippen LogP contribution in [0.5, 0.6) is 0 Å². The highest BCUT2D eigenvalue weighted by atomic mass is 14.6. The lowest BCUT2D eigenvalue weighted by Gasteiger charge is -2.28. The molecule has 1 heteroatoms. The molecule has 0 fully saturated rings. The van der Waals surface area contributed by atoms with Gasteiger partial charge in [-0.1, -0.05) is 38.5 Å². The maximum atomic E-state index is 5.95. The Balaban J connectivity index is 2.12. The van der Waals surface area contributed by atoms with E-state index >= 15 is 0 Å². The summed E-state index contributed by atoms with van der Waals surface area (Å²) in [5, 5.41) is 0. The van der Waals surface area contributed by atoms with Crippen LogP contribution in [0.2, 0.25) is 0 Å². The zero-order valence-corrected chi connectivity index (χ0v) is 11.3. The predicted octanol–water partition coefficient (Wildman–Crippen LogP) is 3.48. The molecule has 1 aromatic carbocycles. The van der Waals surface area contributed by atoms with E-state index in [0.29, 0.717) is 0 Å². The Morgan fingerprint density at radius 1 is 1.24 bits per heavy atom. The SMILES string of the molecule is CCCC(C)(CN)Cc1ccc2c(c1)CCC2. The molecule has 0 heterocycles. The lowest BCUT2D eigenvalue weighted by atomic mass is 9.79. The van der Waals surface area contributed by atoms with Crippen LogP contribution in [0.3, 0.4) is 0 Å². The molecule has 1 aliphatic carbocycles. The molecule has 0 radical (unpaired) electrons. The van der Waals surface area contributed by atoms with Crippen LogP contribution >= 0.6 is 0 Å². The van der Waals surface area contributed by atoms with Crippen molar-refractivity contribution in [1.82, 2.24) is 0 Å². The smallest absolute Gasteiger partial charge is 0.00200 e. The van der Waals surface area contributed by atoms with Crippen LogP contribution in [-0.2, 0) is 19.3 Å². The van der Waals surface area contributed by atoms with E-state index < -0.39 is 0 Å². The Kier molecular flexibility index (Phi) is 3.88. The minimum atomic E-state index is 0.279. The number of hydrogen-bond acceptors (Lipinski definition) is 1.